The van der Waals surface area contributed by atoms with E-state index in [2.05, 4.69) is 5.10 Å². The number of aryl methyl sites for hydroxylation is 1. The Hall–Kier alpha value is -2.94. The van der Waals surface area contributed by atoms with Crippen LogP contribution in [0.5, 0.6) is 0 Å². The highest BCUT2D eigenvalue weighted by Crippen LogP contribution is 2.29. The quantitative estimate of drug-likeness (QED) is 0.533. The molecule has 0 N–H and O–H groups in total. The van der Waals surface area contributed by atoms with E-state index in [4.69, 9.17) is 0 Å². The Kier molecular flexibility index (Phi) is 3.72. The smallest absolute Gasteiger partial charge is 0.358 e. The van der Waals surface area contributed by atoms with Crippen LogP contribution in [-0.4, -0.2) is 30.2 Å². The Balaban J connectivity index is 2.10. The van der Waals surface area contributed by atoms with Crippen LogP contribution in [0.4, 0.5) is 11.5 Å². The van der Waals surface area contributed by atoms with Gasteiger partial charge in [-0.1, -0.05) is 30.3 Å². The molecule has 0 fully saturated rings. The molecular formula is C15H14N4O4S. The fourth-order valence-electron chi connectivity index (χ4n) is 2.42. The van der Waals surface area contributed by atoms with Crippen molar-refractivity contribution in [3.8, 4) is 0 Å². The number of fused-ring (bicyclic) bond motifs is 1. The van der Waals surface area contributed by atoms with Gasteiger partial charge in [-0.25, -0.2) is 8.42 Å². The Bertz CT molecular complexity index is 1040. The van der Waals surface area contributed by atoms with Crippen LogP contribution in [0.15, 0.2) is 53.6 Å². The van der Waals surface area contributed by atoms with E-state index in [0.29, 0.717) is 5.69 Å². The fraction of sp³-hybridized carbons (Fsp3) is 0.133. The molecule has 1 heterocycles. The number of anilines is 1. The lowest BCUT2D eigenvalue weighted by Gasteiger charge is -2.18. The zero-order valence-electron chi connectivity index (χ0n) is 12.9. The average molecular weight is 346 g/mol. The lowest BCUT2D eigenvalue weighted by Crippen LogP contribution is -2.26. The SMILES string of the molecule is CN(c1ccc2ccccc2c1)S(=O)(=O)c1cn(C)nc1[N+](=O)[O-]. The number of rotatable bonds is 4. The Morgan fingerprint density at radius 1 is 1.17 bits per heavy atom. The number of hydrogen-bond donors (Lipinski definition) is 0. The van der Waals surface area contributed by atoms with Crippen LogP contribution in [0.3, 0.4) is 0 Å². The highest BCUT2D eigenvalue weighted by molar-refractivity contribution is 7.93. The van der Waals surface area contributed by atoms with E-state index in [9.17, 15) is 18.5 Å². The zero-order valence-corrected chi connectivity index (χ0v) is 13.8. The lowest BCUT2D eigenvalue weighted by molar-refractivity contribution is -0.392. The summed E-state index contributed by atoms with van der Waals surface area (Å²) >= 11 is 0. The van der Waals surface area contributed by atoms with Gasteiger partial charge in [0, 0.05) is 7.05 Å². The monoisotopic (exact) mass is 346 g/mol. The predicted molar refractivity (Wildman–Crippen MR) is 89.4 cm³/mol. The van der Waals surface area contributed by atoms with Gasteiger partial charge >= 0.3 is 5.82 Å². The third kappa shape index (κ3) is 2.58. The first-order chi connectivity index (χ1) is 11.3. The first-order valence-corrected chi connectivity index (χ1v) is 8.40. The highest BCUT2D eigenvalue weighted by Gasteiger charge is 2.34. The maximum Gasteiger partial charge on any atom is 0.410 e. The van der Waals surface area contributed by atoms with Crippen LogP contribution in [0.2, 0.25) is 0 Å². The van der Waals surface area contributed by atoms with E-state index in [1.165, 1.54) is 14.1 Å². The molecule has 0 saturated carbocycles. The number of nitro groups is 1. The van der Waals surface area contributed by atoms with Crippen LogP contribution in [-0.2, 0) is 17.1 Å². The van der Waals surface area contributed by atoms with Gasteiger partial charge < -0.3 is 10.1 Å². The highest BCUT2D eigenvalue weighted by atomic mass is 32.2. The summed E-state index contributed by atoms with van der Waals surface area (Å²) in [5.74, 6) is -0.690. The van der Waals surface area contributed by atoms with Gasteiger partial charge in [-0.2, -0.15) is 4.68 Å². The van der Waals surface area contributed by atoms with Gasteiger partial charge in [0.25, 0.3) is 10.0 Å². The zero-order chi connectivity index (χ0) is 17.5. The average Bonchev–Trinajstić information content (AvgIpc) is 2.96. The van der Waals surface area contributed by atoms with Crippen molar-refractivity contribution in [2.45, 2.75) is 4.90 Å². The summed E-state index contributed by atoms with van der Waals surface area (Å²) in [6.45, 7) is 0. The molecule has 0 spiro atoms. The molecule has 24 heavy (non-hydrogen) atoms. The molecule has 3 aromatic rings. The Labute approximate surface area is 138 Å². The molecule has 0 saturated heterocycles. The lowest BCUT2D eigenvalue weighted by atomic mass is 10.1. The third-order valence-electron chi connectivity index (χ3n) is 3.68. The molecule has 3 rings (SSSR count). The van der Waals surface area contributed by atoms with Gasteiger partial charge in [-0.3, -0.25) is 4.31 Å². The maximum atomic E-state index is 12.8. The van der Waals surface area contributed by atoms with Crippen LogP contribution in [0, 0.1) is 10.1 Å². The largest absolute Gasteiger partial charge is 0.410 e. The van der Waals surface area contributed by atoms with E-state index < -0.39 is 25.7 Å². The molecule has 8 nitrogen and oxygen atoms in total. The number of sulfonamides is 1. The van der Waals surface area contributed by atoms with Gasteiger partial charge in [0.1, 0.15) is 0 Å². The van der Waals surface area contributed by atoms with Crippen molar-refractivity contribution < 1.29 is 13.3 Å². The maximum absolute atomic E-state index is 12.8. The van der Waals surface area contributed by atoms with Crippen molar-refractivity contribution >= 4 is 32.3 Å². The molecule has 0 amide bonds. The van der Waals surface area contributed by atoms with Crippen molar-refractivity contribution in [1.29, 1.82) is 0 Å². The fourth-order valence-corrected chi connectivity index (χ4v) is 3.74. The predicted octanol–water partition coefficient (Wildman–Crippen LogP) is 2.31. The van der Waals surface area contributed by atoms with E-state index in [1.54, 1.807) is 18.2 Å². The number of hydrogen-bond acceptors (Lipinski definition) is 5. The summed E-state index contributed by atoms with van der Waals surface area (Å²) in [5.41, 5.74) is 0.409. The summed E-state index contributed by atoms with van der Waals surface area (Å²) in [7, 11) is -1.32. The van der Waals surface area contributed by atoms with Crippen LogP contribution in [0.25, 0.3) is 10.8 Å². The van der Waals surface area contributed by atoms with E-state index in [1.807, 2.05) is 24.3 Å². The number of aromatic nitrogens is 2. The molecule has 2 aromatic carbocycles. The number of benzene rings is 2. The van der Waals surface area contributed by atoms with Crippen molar-refractivity contribution in [2.75, 3.05) is 11.4 Å². The van der Waals surface area contributed by atoms with Crippen LogP contribution in [0.1, 0.15) is 0 Å². The minimum absolute atomic E-state index is 0.409. The normalized spacial score (nSPS) is 11.6. The topological polar surface area (TPSA) is 98.3 Å². The molecule has 1 aromatic heterocycles. The van der Waals surface area contributed by atoms with Gasteiger partial charge in [0.05, 0.1) is 24.0 Å². The van der Waals surface area contributed by atoms with Gasteiger partial charge in [0.15, 0.2) is 0 Å². The molecule has 0 aliphatic heterocycles. The second-order valence-electron chi connectivity index (χ2n) is 5.25. The van der Waals surface area contributed by atoms with E-state index >= 15 is 0 Å². The van der Waals surface area contributed by atoms with Crippen LogP contribution >= 0.6 is 0 Å². The van der Waals surface area contributed by atoms with Gasteiger partial charge in [-0.15, -0.1) is 0 Å². The minimum atomic E-state index is -4.11. The second kappa shape index (κ2) is 5.60. The molecule has 0 aliphatic rings. The van der Waals surface area contributed by atoms with E-state index in [-0.39, 0.29) is 0 Å². The molecule has 0 bridgehead atoms. The third-order valence-corrected chi connectivity index (χ3v) is 5.46. The molecule has 0 atom stereocenters. The van der Waals surface area contributed by atoms with Crippen LogP contribution < -0.4 is 4.31 Å². The van der Waals surface area contributed by atoms with Gasteiger partial charge in [0.2, 0.25) is 4.90 Å². The summed E-state index contributed by atoms with van der Waals surface area (Å²) in [5, 5.41) is 16.5. The standard InChI is InChI=1S/C15H14N4O4S/c1-17-10-14(15(16-17)19(20)21)24(22,23)18(2)13-8-7-11-5-3-4-6-12(11)9-13/h3-10H,1-2H3. The second-order valence-corrected chi connectivity index (χ2v) is 7.19. The minimum Gasteiger partial charge on any atom is -0.358 e. The first kappa shape index (κ1) is 15.9. The summed E-state index contributed by atoms with van der Waals surface area (Å²) in [4.78, 5) is 9.82. The molecule has 9 heteroatoms. The number of nitrogens with zero attached hydrogens (tertiary/aromatic N) is 4. The Morgan fingerprint density at radius 2 is 1.83 bits per heavy atom. The molecular weight excluding hydrogens is 332 g/mol. The van der Waals surface area contributed by atoms with E-state index in [0.717, 1.165) is 26.0 Å². The van der Waals surface area contributed by atoms with Crippen molar-refractivity contribution in [1.82, 2.24) is 9.78 Å². The van der Waals surface area contributed by atoms with Crippen molar-refractivity contribution in [3.05, 3.63) is 58.8 Å². The Morgan fingerprint density at radius 3 is 2.50 bits per heavy atom. The summed E-state index contributed by atoms with van der Waals surface area (Å²) in [6.07, 6.45) is 1.13. The molecule has 0 unspecified atom stereocenters. The van der Waals surface area contributed by atoms with Crippen molar-refractivity contribution in [2.24, 2.45) is 7.05 Å². The van der Waals surface area contributed by atoms with Crippen molar-refractivity contribution in [3.63, 3.8) is 0 Å². The molecule has 0 aliphatic carbocycles. The molecule has 124 valence electrons. The van der Waals surface area contributed by atoms with Gasteiger partial charge in [-0.05, 0) is 27.8 Å². The first-order valence-electron chi connectivity index (χ1n) is 6.96. The summed E-state index contributed by atoms with van der Waals surface area (Å²) in [6, 6.07) is 12.7. The summed E-state index contributed by atoms with van der Waals surface area (Å²) < 4.78 is 27.7. The molecule has 0 radical (unpaired) electrons.